The van der Waals surface area contributed by atoms with E-state index in [1.54, 1.807) is 10.8 Å². The molecule has 0 bridgehead atoms. The number of halogens is 4. The van der Waals surface area contributed by atoms with Crippen LogP contribution in [0.5, 0.6) is 0 Å². The summed E-state index contributed by atoms with van der Waals surface area (Å²) in [7, 11) is 0. The third-order valence-corrected chi connectivity index (χ3v) is 5.04. The third kappa shape index (κ3) is 4.51. The van der Waals surface area contributed by atoms with Crippen molar-refractivity contribution in [2.45, 2.75) is 32.6 Å². The highest BCUT2D eigenvalue weighted by atomic mass is 19.4. The lowest BCUT2D eigenvalue weighted by Gasteiger charge is -2.08. The fourth-order valence-corrected chi connectivity index (χ4v) is 3.48. The van der Waals surface area contributed by atoms with Crippen LogP contribution in [0.3, 0.4) is 0 Å². The fraction of sp³-hybridized carbons (Fsp3) is 0.227. The average Bonchev–Trinajstić information content (AvgIpc) is 3.39. The quantitative estimate of drug-likeness (QED) is 0.333. The minimum absolute atomic E-state index is 0.121. The van der Waals surface area contributed by atoms with E-state index in [1.165, 1.54) is 24.7 Å². The zero-order valence-electron chi connectivity index (χ0n) is 18.0. The Hall–Kier alpha value is -4.09. The number of hydrogen-bond acceptors (Lipinski definition) is 5. The van der Waals surface area contributed by atoms with E-state index in [1.807, 2.05) is 13.8 Å². The number of nitrogens with one attached hydrogen (secondary N) is 1. The van der Waals surface area contributed by atoms with E-state index in [9.17, 15) is 27.2 Å². The summed E-state index contributed by atoms with van der Waals surface area (Å²) in [6.45, 7) is 3.23. The second-order valence-corrected chi connectivity index (χ2v) is 7.83. The highest BCUT2D eigenvalue weighted by molar-refractivity contribution is 6.16. The first-order valence-electron chi connectivity index (χ1n) is 10.1. The van der Waals surface area contributed by atoms with E-state index in [0.717, 1.165) is 17.1 Å². The lowest BCUT2D eigenvalue weighted by molar-refractivity contribution is -0.137. The Balaban J connectivity index is 1.56. The van der Waals surface area contributed by atoms with Crippen molar-refractivity contribution in [1.82, 2.24) is 24.3 Å². The van der Waals surface area contributed by atoms with Crippen LogP contribution in [0.4, 0.5) is 23.2 Å². The molecule has 0 atom stereocenters. The number of carbonyl (C=O) groups is 2. The molecule has 34 heavy (non-hydrogen) atoms. The topological polar surface area (TPSA) is 94.7 Å². The van der Waals surface area contributed by atoms with Crippen molar-refractivity contribution in [2.24, 2.45) is 0 Å². The third-order valence-electron chi connectivity index (χ3n) is 5.04. The molecule has 4 heterocycles. The second-order valence-electron chi connectivity index (χ2n) is 7.83. The van der Waals surface area contributed by atoms with Crippen molar-refractivity contribution in [3.05, 3.63) is 72.0 Å². The van der Waals surface area contributed by atoms with Gasteiger partial charge in [0, 0.05) is 47.3 Å². The highest BCUT2D eigenvalue weighted by Gasteiger charge is 2.32. The molecular weight excluding hydrogens is 456 g/mol. The number of ketones is 1. The van der Waals surface area contributed by atoms with Crippen molar-refractivity contribution in [3.63, 3.8) is 0 Å². The van der Waals surface area contributed by atoms with Crippen LogP contribution in [0.25, 0.3) is 10.9 Å². The number of carbonyl (C=O) groups excluding carboxylic acids is 2. The Labute approximate surface area is 190 Å². The summed E-state index contributed by atoms with van der Waals surface area (Å²) >= 11 is 0. The SMILES string of the molecule is CC(C)n1cc(C(=O)c2cncc(NC(=O)Cn3cc(C(F)(F)F)cn3)c2)c2cncc(F)c21. The maximum absolute atomic E-state index is 14.4. The van der Waals surface area contributed by atoms with E-state index < -0.39 is 35.8 Å². The first-order valence-corrected chi connectivity index (χ1v) is 10.1. The summed E-state index contributed by atoms with van der Waals surface area (Å²) in [6.07, 6.45) is 3.39. The van der Waals surface area contributed by atoms with Crippen LogP contribution >= 0.6 is 0 Å². The predicted molar refractivity (Wildman–Crippen MR) is 114 cm³/mol. The molecule has 0 aliphatic rings. The molecule has 0 aliphatic carbocycles. The molecule has 1 amide bonds. The molecule has 0 spiro atoms. The molecule has 8 nitrogen and oxygen atoms in total. The van der Waals surface area contributed by atoms with Crippen LogP contribution in [0.15, 0.2) is 49.4 Å². The Bertz CT molecular complexity index is 1390. The van der Waals surface area contributed by atoms with Gasteiger partial charge < -0.3 is 9.88 Å². The van der Waals surface area contributed by atoms with Gasteiger partial charge in [0.1, 0.15) is 6.54 Å². The summed E-state index contributed by atoms with van der Waals surface area (Å²) in [5.74, 6) is -1.68. The highest BCUT2D eigenvalue weighted by Crippen LogP contribution is 2.29. The average molecular weight is 474 g/mol. The van der Waals surface area contributed by atoms with Crippen molar-refractivity contribution < 1.29 is 27.2 Å². The number of hydrogen-bond donors (Lipinski definition) is 1. The molecule has 0 saturated heterocycles. The number of amides is 1. The molecule has 12 heteroatoms. The van der Waals surface area contributed by atoms with Gasteiger partial charge in [-0.3, -0.25) is 24.2 Å². The van der Waals surface area contributed by atoms with Gasteiger partial charge in [-0.05, 0) is 19.9 Å². The Morgan fingerprint density at radius 3 is 2.47 bits per heavy atom. The lowest BCUT2D eigenvalue weighted by Crippen LogP contribution is -2.19. The zero-order valence-corrected chi connectivity index (χ0v) is 18.0. The van der Waals surface area contributed by atoms with E-state index in [0.29, 0.717) is 11.6 Å². The molecule has 0 aromatic carbocycles. The minimum Gasteiger partial charge on any atom is -0.342 e. The first-order chi connectivity index (χ1) is 16.0. The summed E-state index contributed by atoms with van der Waals surface area (Å²) in [4.78, 5) is 33.3. The van der Waals surface area contributed by atoms with Gasteiger partial charge in [0.05, 0.1) is 35.4 Å². The van der Waals surface area contributed by atoms with E-state index >= 15 is 0 Å². The molecule has 0 radical (unpaired) electrons. The Kier molecular flexibility index (Phi) is 5.90. The van der Waals surface area contributed by atoms with Gasteiger partial charge in [0.2, 0.25) is 5.91 Å². The maximum atomic E-state index is 14.4. The normalized spacial score (nSPS) is 11.9. The molecule has 4 aromatic rings. The maximum Gasteiger partial charge on any atom is 0.419 e. The summed E-state index contributed by atoms with van der Waals surface area (Å²) in [6, 6.07) is 1.26. The number of anilines is 1. The number of fused-ring (bicyclic) bond motifs is 1. The second kappa shape index (κ2) is 8.69. The molecule has 1 N–H and O–H groups in total. The first kappa shape index (κ1) is 23.1. The molecule has 0 unspecified atom stereocenters. The van der Waals surface area contributed by atoms with Gasteiger partial charge in [0.25, 0.3) is 0 Å². The summed E-state index contributed by atoms with van der Waals surface area (Å²) in [5.41, 5.74) is -0.208. The van der Waals surface area contributed by atoms with E-state index in [-0.39, 0.29) is 28.4 Å². The molecule has 4 rings (SSSR count). The number of nitrogens with zero attached hydrogens (tertiary/aromatic N) is 5. The van der Waals surface area contributed by atoms with Crippen LogP contribution in [0.2, 0.25) is 0 Å². The van der Waals surface area contributed by atoms with E-state index in [4.69, 9.17) is 0 Å². The van der Waals surface area contributed by atoms with Gasteiger partial charge in [-0.15, -0.1) is 0 Å². The van der Waals surface area contributed by atoms with Gasteiger partial charge in [0.15, 0.2) is 11.6 Å². The van der Waals surface area contributed by atoms with Crippen LogP contribution in [-0.2, 0) is 17.5 Å². The van der Waals surface area contributed by atoms with Crippen LogP contribution < -0.4 is 5.32 Å². The molecular formula is C22H18F4N6O2. The lowest BCUT2D eigenvalue weighted by atomic mass is 10.0. The van der Waals surface area contributed by atoms with E-state index in [2.05, 4.69) is 20.4 Å². The van der Waals surface area contributed by atoms with Gasteiger partial charge >= 0.3 is 6.18 Å². The predicted octanol–water partition coefficient (Wildman–Crippen LogP) is 4.24. The van der Waals surface area contributed by atoms with Crippen molar-refractivity contribution in [3.8, 4) is 0 Å². The van der Waals surface area contributed by atoms with Gasteiger partial charge in [-0.2, -0.15) is 18.3 Å². The van der Waals surface area contributed by atoms with Crippen molar-refractivity contribution >= 4 is 28.3 Å². The van der Waals surface area contributed by atoms with Gasteiger partial charge in [-0.1, -0.05) is 0 Å². The van der Waals surface area contributed by atoms with Crippen molar-refractivity contribution in [1.29, 1.82) is 0 Å². The zero-order chi connectivity index (χ0) is 24.6. The molecule has 0 aliphatic heterocycles. The standard InChI is InChI=1S/C22H18F4N6O2/c1-12(2)32-10-17(16-7-28-8-18(23)20(16)32)21(34)13-3-15(6-27-4-13)30-19(33)11-31-9-14(5-29-31)22(24,25)26/h3-10,12H,11H2,1-2H3,(H,30,33). The Morgan fingerprint density at radius 2 is 1.79 bits per heavy atom. The monoisotopic (exact) mass is 474 g/mol. The number of alkyl halides is 3. The Morgan fingerprint density at radius 1 is 1.06 bits per heavy atom. The van der Waals surface area contributed by atoms with Crippen LogP contribution in [0, 0.1) is 5.82 Å². The van der Waals surface area contributed by atoms with Crippen LogP contribution in [0.1, 0.15) is 41.4 Å². The molecule has 176 valence electrons. The summed E-state index contributed by atoms with van der Waals surface area (Å²) < 4.78 is 55.0. The van der Waals surface area contributed by atoms with Crippen LogP contribution in [-0.4, -0.2) is 36.0 Å². The van der Waals surface area contributed by atoms with Crippen molar-refractivity contribution in [2.75, 3.05) is 5.32 Å². The fourth-order valence-electron chi connectivity index (χ4n) is 3.48. The molecule has 0 saturated carbocycles. The number of rotatable bonds is 6. The smallest absolute Gasteiger partial charge is 0.342 e. The minimum atomic E-state index is -4.57. The molecule has 4 aromatic heterocycles. The molecule has 0 fully saturated rings. The number of aromatic nitrogens is 5. The number of pyridine rings is 2. The summed E-state index contributed by atoms with van der Waals surface area (Å²) in [5, 5.41) is 6.35. The van der Waals surface area contributed by atoms with Gasteiger partial charge in [-0.25, -0.2) is 4.39 Å². The largest absolute Gasteiger partial charge is 0.419 e.